The molecule has 0 spiro atoms. The number of rotatable bonds is 3. The van der Waals surface area contributed by atoms with Crippen molar-refractivity contribution in [2.24, 2.45) is 0 Å². The minimum atomic E-state index is -0.706. The van der Waals surface area contributed by atoms with Crippen LogP contribution in [-0.4, -0.2) is 23.8 Å². The zero-order chi connectivity index (χ0) is 9.84. The fraction of sp³-hybridized carbons (Fsp3) is 0.333. The molecule has 13 heavy (non-hydrogen) atoms. The molecule has 1 aromatic rings. The maximum absolute atomic E-state index is 9.53. The van der Waals surface area contributed by atoms with Gasteiger partial charge in [0.2, 0.25) is 0 Å². The van der Waals surface area contributed by atoms with Crippen molar-refractivity contribution in [1.82, 2.24) is 5.32 Å². The number of phenolic OH excluding ortho intramolecular Hbond substituents is 1. The number of benzene rings is 1. The number of likely N-dealkylation sites (N-methyl/N-ethyl adjacent to an activating group) is 1. The number of hydrogen-bond acceptors (Lipinski definition) is 3. The van der Waals surface area contributed by atoms with Crippen LogP contribution in [0.4, 0.5) is 0 Å². The molecule has 1 rings (SSSR count). The third-order valence-electron chi connectivity index (χ3n) is 1.75. The van der Waals surface area contributed by atoms with Crippen molar-refractivity contribution in [1.29, 1.82) is 0 Å². The predicted molar refractivity (Wildman–Crippen MR) is 52.0 cm³/mol. The van der Waals surface area contributed by atoms with E-state index < -0.39 is 6.10 Å². The van der Waals surface area contributed by atoms with E-state index in [0.29, 0.717) is 17.1 Å². The first-order valence-electron chi connectivity index (χ1n) is 3.96. The summed E-state index contributed by atoms with van der Waals surface area (Å²) in [6.07, 6.45) is -0.706. The van der Waals surface area contributed by atoms with Crippen LogP contribution in [0.1, 0.15) is 11.7 Å². The molecule has 0 bridgehead atoms. The third-order valence-corrected chi connectivity index (χ3v) is 1.98. The van der Waals surface area contributed by atoms with Gasteiger partial charge in [0.15, 0.2) is 0 Å². The van der Waals surface area contributed by atoms with Gasteiger partial charge in [-0.15, -0.1) is 0 Å². The van der Waals surface area contributed by atoms with Gasteiger partial charge in [-0.25, -0.2) is 0 Å². The van der Waals surface area contributed by atoms with Crippen LogP contribution in [0.25, 0.3) is 0 Å². The Morgan fingerprint density at radius 3 is 2.77 bits per heavy atom. The Morgan fingerprint density at radius 1 is 1.54 bits per heavy atom. The molecule has 0 aliphatic rings. The summed E-state index contributed by atoms with van der Waals surface area (Å²) in [5.74, 6) is 0.0234. The average molecular weight is 202 g/mol. The lowest BCUT2D eigenvalue weighted by Gasteiger charge is -2.11. The zero-order valence-electron chi connectivity index (χ0n) is 7.29. The number of aromatic hydroxyl groups is 1. The van der Waals surface area contributed by atoms with E-state index in [1.54, 1.807) is 19.2 Å². The highest BCUT2D eigenvalue weighted by Crippen LogP contribution is 2.26. The van der Waals surface area contributed by atoms with Gasteiger partial charge in [-0.1, -0.05) is 17.7 Å². The first-order valence-corrected chi connectivity index (χ1v) is 4.34. The molecule has 0 aliphatic carbocycles. The van der Waals surface area contributed by atoms with Crippen LogP contribution in [0.15, 0.2) is 18.2 Å². The van der Waals surface area contributed by atoms with E-state index in [1.807, 2.05) is 0 Å². The van der Waals surface area contributed by atoms with Gasteiger partial charge in [-0.05, 0) is 19.2 Å². The van der Waals surface area contributed by atoms with E-state index in [9.17, 15) is 10.2 Å². The summed E-state index contributed by atoms with van der Waals surface area (Å²) in [4.78, 5) is 0. The SMILES string of the molecule is CNCC(O)c1ccc(Cl)cc1O. The summed E-state index contributed by atoms with van der Waals surface area (Å²) < 4.78 is 0. The molecule has 1 unspecified atom stereocenters. The maximum Gasteiger partial charge on any atom is 0.122 e. The molecule has 0 fully saturated rings. The topological polar surface area (TPSA) is 52.5 Å². The zero-order valence-corrected chi connectivity index (χ0v) is 8.04. The molecule has 1 atom stereocenters. The van der Waals surface area contributed by atoms with E-state index in [1.165, 1.54) is 6.07 Å². The second-order valence-corrected chi connectivity index (χ2v) is 3.21. The first-order chi connectivity index (χ1) is 6.15. The average Bonchev–Trinajstić information content (AvgIpc) is 2.04. The Kier molecular flexibility index (Phi) is 3.54. The molecule has 3 N–H and O–H groups in total. The molecule has 0 amide bonds. The number of aliphatic hydroxyl groups excluding tert-OH is 1. The lowest BCUT2D eigenvalue weighted by molar-refractivity contribution is 0.174. The second-order valence-electron chi connectivity index (χ2n) is 2.78. The summed E-state index contributed by atoms with van der Waals surface area (Å²) in [7, 11) is 1.73. The molecular weight excluding hydrogens is 190 g/mol. The first kappa shape index (κ1) is 10.3. The Morgan fingerprint density at radius 2 is 2.23 bits per heavy atom. The van der Waals surface area contributed by atoms with Crippen LogP contribution in [0.3, 0.4) is 0 Å². The smallest absolute Gasteiger partial charge is 0.122 e. The maximum atomic E-state index is 9.53. The van der Waals surface area contributed by atoms with Gasteiger partial charge in [0, 0.05) is 17.1 Å². The van der Waals surface area contributed by atoms with Crippen LogP contribution >= 0.6 is 11.6 Å². The molecule has 3 nitrogen and oxygen atoms in total. The molecule has 0 heterocycles. The van der Waals surface area contributed by atoms with E-state index in [-0.39, 0.29) is 5.75 Å². The molecular formula is C9H12ClNO2. The van der Waals surface area contributed by atoms with Crippen LogP contribution < -0.4 is 5.32 Å². The molecule has 0 radical (unpaired) electrons. The van der Waals surface area contributed by atoms with E-state index >= 15 is 0 Å². The quantitative estimate of drug-likeness (QED) is 0.691. The van der Waals surface area contributed by atoms with Crippen LogP contribution in [-0.2, 0) is 0 Å². The number of nitrogens with one attached hydrogen (secondary N) is 1. The van der Waals surface area contributed by atoms with E-state index in [2.05, 4.69) is 5.32 Å². The minimum absolute atomic E-state index is 0.0234. The van der Waals surface area contributed by atoms with E-state index in [0.717, 1.165) is 0 Å². The lowest BCUT2D eigenvalue weighted by Crippen LogP contribution is -2.16. The Bertz CT molecular complexity index is 291. The highest BCUT2D eigenvalue weighted by molar-refractivity contribution is 6.30. The fourth-order valence-corrected chi connectivity index (χ4v) is 1.27. The Hall–Kier alpha value is -0.770. The standard InChI is InChI=1S/C9H12ClNO2/c1-11-5-9(13)7-3-2-6(10)4-8(7)12/h2-4,9,11-13H,5H2,1H3. The Labute approximate surface area is 82.0 Å². The normalized spacial score (nSPS) is 12.8. The van der Waals surface area contributed by atoms with E-state index in [4.69, 9.17) is 11.6 Å². The van der Waals surface area contributed by atoms with Gasteiger partial charge in [0.05, 0.1) is 6.10 Å². The van der Waals surface area contributed by atoms with Gasteiger partial charge in [-0.3, -0.25) is 0 Å². The monoisotopic (exact) mass is 201 g/mol. The van der Waals surface area contributed by atoms with Crippen LogP contribution in [0, 0.1) is 0 Å². The molecule has 4 heteroatoms. The summed E-state index contributed by atoms with van der Waals surface area (Å²) in [6.45, 7) is 0.398. The molecule has 0 aromatic heterocycles. The number of halogens is 1. The van der Waals surface area contributed by atoms with Crippen molar-refractivity contribution in [3.63, 3.8) is 0 Å². The minimum Gasteiger partial charge on any atom is -0.508 e. The highest BCUT2D eigenvalue weighted by atomic mass is 35.5. The van der Waals surface area contributed by atoms with Crippen molar-refractivity contribution in [3.8, 4) is 5.75 Å². The number of phenols is 1. The number of hydrogen-bond donors (Lipinski definition) is 3. The predicted octanol–water partition coefficient (Wildman–Crippen LogP) is 1.30. The van der Waals surface area contributed by atoms with Crippen molar-refractivity contribution in [2.75, 3.05) is 13.6 Å². The van der Waals surface area contributed by atoms with Gasteiger partial charge in [0.1, 0.15) is 5.75 Å². The van der Waals surface area contributed by atoms with Crippen molar-refractivity contribution >= 4 is 11.6 Å². The highest BCUT2D eigenvalue weighted by Gasteiger charge is 2.10. The molecule has 1 aromatic carbocycles. The van der Waals surface area contributed by atoms with Crippen molar-refractivity contribution in [2.45, 2.75) is 6.10 Å². The summed E-state index contributed by atoms with van der Waals surface area (Å²) in [5, 5.41) is 22.2. The molecule has 72 valence electrons. The van der Waals surface area contributed by atoms with Crippen molar-refractivity contribution in [3.05, 3.63) is 28.8 Å². The number of aliphatic hydroxyl groups is 1. The van der Waals surface area contributed by atoms with Crippen LogP contribution in [0.5, 0.6) is 5.75 Å². The lowest BCUT2D eigenvalue weighted by atomic mass is 10.1. The van der Waals surface area contributed by atoms with Gasteiger partial charge in [0.25, 0.3) is 0 Å². The summed E-state index contributed by atoms with van der Waals surface area (Å²) >= 11 is 5.64. The molecule has 0 aliphatic heterocycles. The van der Waals surface area contributed by atoms with Gasteiger partial charge >= 0.3 is 0 Å². The summed E-state index contributed by atoms with van der Waals surface area (Å²) in [6, 6.07) is 4.66. The summed E-state index contributed by atoms with van der Waals surface area (Å²) in [5.41, 5.74) is 0.485. The second kappa shape index (κ2) is 4.46. The fourth-order valence-electron chi connectivity index (χ4n) is 1.10. The molecule has 0 saturated carbocycles. The van der Waals surface area contributed by atoms with Gasteiger partial charge < -0.3 is 15.5 Å². The third kappa shape index (κ3) is 2.59. The van der Waals surface area contributed by atoms with Crippen molar-refractivity contribution < 1.29 is 10.2 Å². The largest absolute Gasteiger partial charge is 0.508 e. The van der Waals surface area contributed by atoms with Gasteiger partial charge in [-0.2, -0.15) is 0 Å². The van der Waals surface area contributed by atoms with Crippen LogP contribution in [0.2, 0.25) is 5.02 Å². The molecule has 0 saturated heterocycles. The Balaban J connectivity index is 2.88.